The lowest BCUT2D eigenvalue weighted by Gasteiger charge is -2.10. The third kappa shape index (κ3) is 4.67. The molecule has 1 rings (SSSR count). The maximum atomic E-state index is 5.42. The highest BCUT2D eigenvalue weighted by Gasteiger charge is 1.99. The summed E-state index contributed by atoms with van der Waals surface area (Å²) >= 11 is 0. The number of benzene rings is 1. The van der Waals surface area contributed by atoms with Crippen molar-refractivity contribution in [3.05, 3.63) is 29.8 Å². The molecule has 0 heterocycles. The summed E-state index contributed by atoms with van der Waals surface area (Å²) in [5, 5.41) is 3.37. The minimum absolute atomic E-state index is 0.582. The lowest BCUT2D eigenvalue weighted by molar-refractivity contribution is 0.144. The fourth-order valence-electron chi connectivity index (χ4n) is 1.52. The van der Waals surface area contributed by atoms with Crippen LogP contribution in [0.3, 0.4) is 0 Å². The Morgan fingerprint density at radius 3 is 2.75 bits per heavy atom. The number of hydrogen-bond acceptors (Lipinski definition) is 2. The fraction of sp³-hybridized carbons (Fsp3) is 0.571. The molecule has 1 aromatic rings. The van der Waals surface area contributed by atoms with E-state index in [2.05, 4.69) is 50.4 Å². The van der Waals surface area contributed by atoms with Crippen molar-refractivity contribution in [1.82, 2.24) is 0 Å². The van der Waals surface area contributed by atoms with Crippen LogP contribution < -0.4 is 5.32 Å². The van der Waals surface area contributed by atoms with Crippen molar-refractivity contribution < 1.29 is 4.74 Å². The molecule has 90 valence electrons. The molecule has 16 heavy (non-hydrogen) atoms. The molecule has 2 nitrogen and oxygen atoms in total. The highest BCUT2D eigenvalue weighted by Crippen LogP contribution is 2.18. The second-order valence-electron chi connectivity index (χ2n) is 4.32. The Labute approximate surface area is 99.0 Å². The van der Waals surface area contributed by atoms with Crippen molar-refractivity contribution in [3.63, 3.8) is 0 Å². The highest BCUT2D eigenvalue weighted by atomic mass is 16.5. The molecule has 0 aromatic heterocycles. The summed E-state index contributed by atoms with van der Waals surface area (Å²) in [6, 6.07) is 8.59. The Morgan fingerprint density at radius 1 is 1.25 bits per heavy atom. The standard InChI is InChI=1S/C14H23NO/c1-4-9-16-10-8-15-14-7-5-6-13(11-14)12(2)3/h5-7,11-12,15H,4,8-10H2,1-3H3. The van der Waals surface area contributed by atoms with Gasteiger partial charge in [0.25, 0.3) is 0 Å². The SMILES string of the molecule is CCCOCCNc1cccc(C(C)C)c1. The first kappa shape index (κ1) is 13.0. The first-order valence-corrected chi connectivity index (χ1v) is 6.15. The van der Waals surface area contributed by atoms with Crippen molar-refractivity contribution in [2.45, 2.75) is 33.1 Å². The summed E-state index contributed by atoms with van der Waals surface area (Å²) in [7, 11) is 0. The van der Waals surface area contributed by atoms with Gasteiger partial charge in [-0.1, -0.05) is 32.9 Å². The van der Waals surface area contributed by atoms with Crippen molar-refractivity contribution in [2.75, 3.05) is 25.1 Å². The normalized spacial score (nSPS) is 10.8. The first-order chi connectivity index (χ1) is 7.74. The minimum Gasteiger partial charge on any atom is -0.383 e. The van der Waals surface area contributed by atoms with Gasteiger partial charge in [-0.25, -0.2) is 0 Å². The van der Waals surface area contributed by atoms with Crippen LogP contribution in [0.1, 0.15) is 38.7 Å². The zero-order chi connectivity index (χ0) is 11.8. The van der Waals surface area contributed by atoms with E-state index in [1.165, 1.54) is 11.3 Å². The maximum Gasteiger partial charge on any atom is 0.0639 e. The Balaban J connectivity index is 2.33. The lowest BCUT2D eigenvalue weighted by Crippen LogP contribution is -2.09. The highest BCUT2D eigenvalue weighted by molar-refractivity contribution is 5.46. The van der Waals surface area contributed by atoms with Gasteiger partial charge >= 0.3 is 0 Å². The molecule has 0 saturated heterocycles. The van der Waals surface area contributed by atoms with Gasteiger partial charge in [0.15, 0.2) is 0 Å². The summed E-state index contributed by atoms with van der Waals surface area (Å²) in [6.07, 6.45) is 1.09. The molecule has 0 aliphatic heterocycles. The lowest BCUT2D eigenvalue weighted by atomic mass is 10.0. The van der Waals surface area contributed by atoms with Crippen LogP contribution in [-0.2, 0) is 4.74 Å². The van der Waals surface area contributed by atoms with Crippen molar-refractivity contribution >= 4 is 5.69 Å². The Kier molecular flexibility index (Phi) is 5.94. The fourth-order valence-corrected chi connectivity index (χ4v) is 1.52. The monoisotopic (exact) mass is 221 g/mol. The largest absolute Gasteiger partial charge is 0.383 e. The van der Waals surface area contributed by atoms with E-state index < -0.39 is 0 Å². The van der Waals surface area contributed by atoms with Crippen LogP contribution in [-0.4, -0.2) is 19.8 Å². The molecule has 0 atom stereocenters. The molecule has 0 amide bonds. The van der Waals surface area contributed by atoms with Crippen LogP contribution in [0.15, 0.2) is 24.3 Å². The topological polar surface area (TPSA) is 21.3 Å². The molecule has 1 aromatic carbocycles. The van der Waals surface area contributed by atoms with Gasteiger partial charge in [0, 0.05) is 18.8 Å². The molecule has 0 spiro atoms. The van der Waals surface area contributed by atoms with Crippen LogP contribution in [0.25, 0.3) is 0 Å². The van der Waals surface area contributed by atoms with Crippen LogP contribution in [0, 0.1) is 0 Å². The molecule has 1 N–H and O–H groups in total. The van der Waals surface area contributed by atoms with Gasteiger partial charge in [-0.05, 0) is 30.0 Å². The van der Waals surface area contributed by atoms with Crippen molar-refractivity contribution in [3.8, 4) is 0 Å². The first-order valence-electron chi connectivity index (χ1n) is 6.15. The Bertz CT molecular complexity index is 297. The molecule has 0 unspecified atom stereocenters. The second-order valence-corrected chi connectivity index (χ2v) is 4.32. The van der Waals surface area contributed by atoms with Gasteiger partial charge in [0.05, 0.1) is 6.61 Å². The van der Waals surface area contributed by atoms with E-state index in [9.17, 15) is 0 Å². The molecule has 2 heteroatoms. The van der Waals surface area contributed by atoms with Crippen molar-refractivity contribution in [2.24, 2.45) is 0 Å². The summed E-state index contributed by atoms with van der Waals surface area (Å²) in [5.74, 6) is 0.582. The predicted octanol–water partition coefficient (Wildman–Crippen LogP) is 3.65. The van der Waals surface area contributed by atoms with Crippen LogP contribution in [0.5, 0.6) is 0 Å². The number of ether oxygens (including phenoxy) is 1. The van der Waals surface area contributed by atoms with Gasteiger partial charge in [-0.2, -0.15) is 0 Å². The van der Waals surface area contributed by atoms with Gasteiger partial charge in [0.2, 0.25) is 0 Å². The number of hydrogen-bond donors (Lipinski definition) is 1. The van der Waals surface area contributed by atoms with E-state index in [0.29, 0.717) is 5.92 Å². The van der Waals surface area contributed by atoms with Gasteiger partial charge < -0.3 is 10.1 Å². The molecule has 0 radical (unpaired) electrons. The molecule has 0 bridgehead atoms. The molecule has 0 saturated carbocycles. The summed E-state index contributed by atoms with van der Waals surface area (Å²) in [6.45, 7) is 9.06. The maximum absolute atomic E-state index is 5.42. The molecular formula is C14H23NO. The van der Waals surface area contributed by atoms with E-state index in [4.69, 9.17) is 4.74 Å². The van der Waals surface area contributed by atoms with Gasteiger partial charge in [0.1, 0.15) is 0 Å². The smallest absolute Gasteiger partial charge is 0.0639 e. The quantitative estimate of drug-likeness (QED) is 0.710. The second kappa shape index (κ2) is 7.29. The molecule has 0 aliphatic rings. The van der Waals surface area contributed by atoms with Crippen LogP contribution in [0.2, 0.25) is 0 Å². The van der Waals surface area contributed by atoms with Gasteiger partial charge in [-0.3, -0.25) is 0 Å². The van der Waals surface area contributed by atoms with Crippen LogP contribution >= 0.6 is 0 Å². The summed E-state index contributed by atoms with van der Waals surface area (Å²) in [5.41, 5.74) is 2.56. The number of rotatable bonds is 7. The summed E-state index contributed by atoms with van der Waals surface area (Å²) < 4.78 is 5.42. The van der Waals surface area contributed by atoms with E-state index in [1.807, 2.05) is 0 Å². The predicted molar refractivity (Wildman–Crippen MR) is 70.1 cm³/mol. The third-order valence-electron chi connectivity index (χ3n) is 2.48. The zero-order valence-electron chi connectivity index (χ0n) is 10.6. The van der Waals surface area contributed by atoms with Gasteiger partial charge in [-0.15, -0.1) is 0 Å². The average Bonchev–Trinajstić information content (AvgIpc) is 2.29. The summed E-state index contributed by atoms with van der Waals surface area (Å²) in [4.78, 5) is 0. The van der Waals surface area contributed by atoms with E-state index in [0.717, 1.165) is 26.2 Å². The van der Waals surface area contributed by atoms with Crippen molar-refractivity contribution in [1.29, 1.82) is 0 Å². The Hall–Kier alpha value is -1.02. The molecule has 0 aliphatic carbocycles. The molecule has 0 fully saturated rings. The van der Waals surface area contributed by atoms with E-state index in [1.54, 1.807) is 0 Å². The van der Waals surface area contributed by atoms with E-state index >= 15 is 0 Å². The zero-order valence-corrected chi connectivity index (χ0v) is 10.6. The minimum atomic E-state index is 0.582. The van der Waals surface area contributed by atoms with E-state index in [-0.39, 0.29) is 0 Å². The average molecular weight is 221 g/mol. The Morgan fingerprint density at radius 2 is 2.06 bits per heavy atom. The number of nitrogens with one attached hydrogen (secondary N) is 1. The van der Waals surface area contributed by atoms with Crippen LogP contribution in [0.4, 0.5) is 5.69 Å². The number of anilines is 1. The third-order valence-corrected chi connectivity index (χ3v) is 2.48. The molecular weight excluding hydrogens is 198 g/mol.